The fraction of sp³-hybridized carbons (Fsp3) is 0.600. The molecule has 126 valence electrons. The molecule has 0 aliphatic rings. The lowest BCUT2D eigenvalue weighted by Crippen LogP contribution is -2.41. The number of nitrogens with one attached hydrogen (secondary N) is 2. The summed E-state index contributed by atoms with van der Waals surface area (Å²) in [6, 6.07) is 1.18. The Hall–Kier alpha value is -2.22. The molecular weight excluding hydrogens is 298 g/mol. The number of aliphatic hydroxyl groups excluding tert-OH is 1. The number of aryl methyl sites for hydroxylation is 2. The fourth-order valence-corrected chi connectivity index (χ4v) is 2.31. The van der Waals surface area contributed by atoms with E-state index in [4.69, 9.17) is 0 Å². The molecule has 0 radical (unpaired) electrons. The molecule has 0 spiro atoms. The van der Waals surface area contributed by atoms with Crippen LogP contribution >= 0.6 is 0 Å². The van der Waals surface area contributed by atoms with E-state index in [-0.39, 0.29) is 36.5 Å². The number of aromatic nitrogens is 4. The zero-order valence-electron chi connectivity index (χ0n) is 13.7. The Morgan fingerprint density at radius 2 is 2.22 bits per heavy atom. The number of hydrogen-bond donors (Lipinski definition) is 3. The molecule has 2 atom stereocenters. The van der Waals surface area contributed by atoms with Crippen molar-refractivity contribution in [3.63, 3.8) is 0 Å². The number of nitrogens with zero attached hydrogens (tertiary/aromatic N) is 3. The van der Waals surface area contributed by atoms with Crippen molar-refractivity contribution >= 4 is 11.7 Å². The molecule has 23 heavy (non-hydrogen) atoms. The van der Waals surface area contributed by atoms with E-state index >= 15 is 0 Å². The zero-order valence-corrected chi connectivity index (χ0v) is 13.7. The molecule has 0 bridgehead atoms. The Morgan fingerprint density at radius 3 is 2.87 bits per heavy atom. The monoisotopic (exact) mass is 321 g/mol. The molecule has 2 heterocycles. The van der Waals surface area contributed by atoms with Crippen molar-refractivity contribution in [3.05, 3.63) is 27.9 Å². The van der Waals surface area contributed by atoms with Crippen LogP contribution in [0.3, 0.4) is 0 Å². The molecule has 0 aromatic carbocycles. The average molecular weight is 321 g/mol. The van der Waals surface area contributed by atoms with Crippen LogP contribution in [0.2, 0.25) is 0 Å². The van der Waals surface area contributed by atoms with Crippen molar-refractivity contribution in [2.45, 2.75) is 46.1 Å². The third-order valence-electron chi connectivity index (χ3n) is 3.97. The second-order valence-corrected chi connectivity index (χ2v) is 5.78. The van der Waals surface area contributed by atoms with E-state index in [9.17, 15) is 14.7 Å². The van der Waals surface area contributed by atoms with Gasteiger partial charge in [-0.15, -0.1) is 0 Å². The lowest BCUT2D eigenvalue weighted by molar-refractivity contribution is -0.122. The Labute approximate surface area is 133 Å². The predicted octanol–water partition coefficient (Wildman–Crippen LogP) is 0.182. The Kier molecular flexibility index (Phi) is 5.49. The van der Waals surface area contributed by atoms with Crippen molar-refractivity contribution in [2.24, 2.45) is 5.92 Å². The minimum Gasteiger partial charge on any atom is -0.394 e. The number of hydrogen-bond acceptors (Lipinski definition) is 5. The fourth-order valence-electron chi connectivity index (χ4n) is 2.31. The first-order chi connectivity index (χ1) is 10.9. The number of rotatable bonds is 7. The van der Waals surface area contributed by atoms with Crippen LogP contribution in [0, 0.1) is 12.8 Å². The molecule has 0 saturated heterocycles. The van der Waals surface area contributed by atoms with Crippen LogP contribution < -0.4 is 10.9 Å². The van der Waals surface area contributed by atoms with E-state index in [1.165, 1.54) is 10.6 Å². The first-order valence-corrected chi connectivity index (χ1v) is 7.80. The molecule has 2 aromatic rings. The van der Waals surface area contributed by atoms with Gasteiger partial charge in [0.25, 0.3) is 11.3 Å². The van der Waals surface area contributed by atoms with Crippen molar-refractivity contribution in [1.82, 2.24) is 24.9 Å². The number of amides is 1. The molecule has 0 aliphatic carbocycles. The van der Waals surface area contributed by atoms with Crippen molar-refractivity contribution < 1.29 is 9.90 Å². The average Bonchev–Trinajstić information content (AvgIpc) is 2.93. The van der Waals surface area contributed by atoms with Crippen LogP contribution in [-0.2, 0) is 11.2 Å². The molecule has 8 nitrogen and oxygen atoms in total. The normalized spacial score (nSPS) is 13.9. The number of carbonyl (C=O) groups excluding carboxylic acids is 1. The minimum absolute atomic E-state index is 0.0794. The summed E-state index contributed by atoms with van der Waals surface area (Å²) in [6.45, 7) is 5.65. The van der Waals surface area contributed by atoms with Gasteiger partial charge in [0, 0.05) is 24.6 Å². The van der Waals surface area contributed by atoms with Crippen LogP contribution in [0.1, 0.15) is 38.2 Å². The molecule has 0 fully saturated rings. The van der Waals surface area contributed by atoms with Crippen LogP contribution in [0.5, 0.6) is 0 Å². The lowest BCUT2D eigenvalue weighted by atomic mass is 10.00. The molecule has 0 aliphatic heterocycles. The number of aromatic amines is 1. The highest BCUT2D eigenvalue weighted by atomic mass is 16.3. The summed E-state index contributed by atoms with van der Waals surface area (Å²) in [6.07, 6.45) is 1.47. The van der Waals surface area contributed by atoms with Crippen LogP contribution in [0.15, 0.2) is 10.9 Å². The first kappa shape index (κ1) is 17.1. The summed E-state index contributed by atoms with van der Waals surface area (Å²) < 4.78 is 1.26. The second kappa shape index (κ2) is 7.36. The summed E-state index contributed by atoms with van der Waals surface area (Å²) in [7, 11) is 0. The van der Waals surface area contributed by atoms with E-state index in [2.05, 4.69) is 20.4 Å². The molecule has 2 rings (SSSR count). The smallest absolute Gasteiger partial charge is 0.274 e. The van der Waals surface area contributed by atoms with E-state index in [1.807, 2.05) is 13.8 Å². The van der Waals surface area contributed by atoms with Crippen LogP contribution in [-0.4, -0.2) is 43.2 Å². The highest BCUT2D eigenvalue weighted by Crippen LogP contribution is 2.07. The van der Waals surface area contributed by atoms with Crippen LogP contribution in [0.4, 0.5) is 0 Å². The summed E-state index contributed by atoms with van der Waals surface area (Å²) in [5, 5.41) is 15.0. The van der Waals surface area contributed by atoms with Crippen molar-refractivity contribution in [1.29, 1.82) is 0 Å². The quantitative estimate of drug-likeness (QED) is 0.673. The maximum absolute atomic E-state index is 12.0. The molecule has 8 heteroatoms. The highest BCUT2D eigenvalue weighted by Gasteiger charge is 2.17. The van der Waals surface area contributed by atoms with Crippen molar-refractivity contribution in [2.75, 3.05) is 6.61 Å². The van der Waals surface area contributed by atoms with Gasteiger partial charge in [-0.3, -0.25) is 14.7 Å². The third-order valence-corrected chi connectivity index (χ3v) is 3.97. The first-order valence-electron chi connectivity index (χ1n) is 7.80. The van der Waals surface area contributed by atoms with Gasteiger partial charge in [-0.1, -0.05) is 20.3 Å². The van der Waals surface area contributed by atoms with Gasteiger partial charge in [-0.25, -0.2) is 4.98 Å². The minimum atomic E-state index is -0.241. The number of fused-ring (bicyclic) bond motifs is 1. The lowest BCUT2D eigenvalue weighted by Gasteiger charge is -2.21. The van der Waals surface area contributed by atoms with E-state index in [0.717, 1.165) is 6.42 Å². The zero-order chi connectivity index (χ0) is 17.0. The van der Waals surface area contributed by atoms with Gasteiger partial charge < -0.3 is 10.4 Å². The SMILES string of the molecule is CC[C@@H](C)[C@H](CO)NC(=O)CCc1nc2nc(C)cc(=O)n2[nH]1. The molecule has 2 aromatic heterocycles. The van der Waals surface area contributed by atoms with Crippen molar-refractivity contribution in [3.8, 4) is 0 Å². The van der Waals surface area contributed by atoms with Gasteiger partial charge in [-0.05, 0) is 12.8 Å². The molecule has 3 N–H and O–H groups in total. The maximum Gasteiger partial charge on any atom is 0.274 e. The Bertz CT molecular complexity index is 736. The third kappa shape index (κ3) is 4.16. The van der Waals surface area contributed by atoms with E-state index < -0.39 is 0 Å². The molecule has 0 saturated carbocycles. The number of aliphatic hydroxyl groups is 1. The number of H-pyrrole nitrogens is 1. The maximum atomic E-state index is 12.0. The Morgan fingerprint density at radius 1 is 1.48 bits per heavy atom. The predicted molar refractivity (Wildman–Crippen MR) is 85.1 cm³/mol. The highest BCUT2D eigenvalue weighted by molar-refractivity contribution is 5.76. The molecular formula is C15H23N5O3. The summed E-state index contributed by atoms with van der Waals surface area (Å²) >= 11 is 0. The summed E-state index contributed by atoms with van der Waals surface area (Å²) in [4.78, 5) is 32.2. The topological polar surface area (TPSA) is 112 Å². The number of carbonyl (C=O) groups is 1. The van der Waals surface area contributed by atoms with Gasteiger partial charge >= 0.3 is 0 Å². The van der Waals surface area contributed by atoms with E-state index in [0.29, 0.717) is 23.7 Å². The summed E-state index contributed by atoms with van der Waals surface area (Å²) in [5.41, 5.74) is 0.373. The van der Waals surface area contributed by atoms with Gasteiger partial charge in [0.15, 0.2) is 0 Å². The molecule has 0 unspecified atom stereocenters. The van der Waals surface area contributed by atoms with Gasteiger partial charge in [0.2, 0.25) is 5.91 Å². The Balaban J connectivity index is 1.99. The van der Waals surface area contributed by atoms with Gasteiger partial charge in [0.1, 0.15) is 5.82 Å². The van der Waals surface area contributed by atoms with Gasteiger partial charge in [-0.2, -0.15) is 9.50 Å². The standard InChI is InChI=1S/C15H23N5O3/c1-4-9(2)11(8-21)17-13(22)6-5-12-18-15-16-10(3)7-14(23)20(15)19-12/h7,9,11,21H,4-6,8H2,1-3H3,(H,17,22)(H,16,18,19)/t9-,11+/m1/s1. The summed E-state index contributed by atoms with van der Waals surface area (Å²) in [5.74, 6) is 0.889. The largest absolute Gasteiger partial charge is 0.394 e. The molecule has 1 amide bonds. The van der Waals surface area contributed by atoms with Gasteiger partial charge in [0.05, 0.1) is 12.6 Å². The van der Waals surface area contributed by atoms with E-state index in [1.54, 1.807) is 6.92 Å². The second-order valence-electron chi connectivity index (χ2n) is 5.78. The van der Waals surface area contributed by atoms with Crippen LogP contribution in [0.25, 0.3) is 5.78 Å².